The van der Waals surface area contributed by atoms with E-state index in [-0.39, 0.29) is 0 Å². The number of rotatable bonds is 12. The molecule has 110 valence electrons. The molecule has 0 amide bonds. The second-order valence-corrected chi connectivity index (χ2v) is 5.59. The largest absolute Gasteiger partial charge is 0.369 e. The van der Waals surface area contributed by atoms with Gasteiger partial charge < -0.3 is 4.74 Å². The van der Waals surface area contributed by atoms with Crippen molar-refractivity contribution in [1.82, 2.24) is 0 Å². The quantitative estimate of drug-likeness (QED) is 0.246. The van der Waals surface area contributed by atoms with E-state index in [4.69, 9.17) is 4.74 Å². The summed E-state index contributed by atoms with van der Waals surface area (Å²) in [7, 11) is 0. The van der Waals surface area contributed by atoms with Gasteiger partial charge in [0.1, 0.15) is 0 Å². The van der Waals surface area contributed by atoms with E-state index in [1.807, 2.05) is 0 Å². The zero-order chi connectivity index (χ0) is 13.8. The molecule has 0 N–H and O–H groups in total. The molecule has 1 rings (SSSR count). The number of allylic oxidation sites excluding steroid dienone is 2. The van der Waals surface area contributed by atoms with Crippen molar-refractivity contribution in [3.63, 3.8) is 0 Å². The summed E-state index contributed by atoms with van der Waals surface area (Å²) in [6.07, 6.45) is 23.1. The number of hydrogen-bond acceptors (Lipinski definition) is 1. The smallest absolute Gasteiger partial charge is 0.0879 e. The Morgan fingerprint density at radius 1 is 0.737 bits per heavy atom. The maximum atomic E-state index is 5.63. The molecule has 0 aromatic carbocycles. The van der Waals surface area contributed by atoms with Gasteiger partial charge in [-0.2, -0.15) is 0 Å². The Labute approximate surface area is 120 Å². The molecule has 0 radical (unpaired) electrons. The van der Waals surface area contributed by atoms with Gasteiger partial charge in [0.15, 0.2) is 0 Å². The summed E-state index contributed by atoms with van der Waals surface area (Å²) in [6.45, 7) is 4.45. The lowest BCUT2D eigenvalue weighted by Crippen LogP contribution is -1.90. The van der Waals surface area contributed by atoms with Crippen LogP contribution in [0.2, 0.25) is 0 Å². The molecule has 0 unspecified atom stereocenters. The molecule has 1 saturated heterocycles. The van der Waals surface area contributed by atoms with E-state index in [2.05, 4.69) is 38.2 Å². The van der Waals surface area contributed by atoms with E-state index in [0.29, 0.717) is 12.2 Å². The average molecular weight is 264 g/mol. The number of hydrogen-bond donors (Lipinski definition) is 0. The first-order valence-electron chi connectivity index (χ1n) is 8.34. The maximum Gasteiger partial charge on any atom is 0.0879 e. The minimum atomic E-state index is 0.501. The third kappa shape index (κ3) is 9.04. The molecule has 0 aliphatic carbocycles. The highest BCUT2D eigenvalue weighted by molar-refractivity contribution is 4.97. The van der Waals surface area contributed by atoms with E-state index < -0.39 is 0 Å². The lowest BCUT2D eigenvalue weighted by molar-refractivity contribution is 0.372. The highest BCUT2D eigenvalue weighted by atomic mass is 16.6. The molecule has 0 bridgehead atoms. The summed E-state index contributed by atoms with van der Waals surface area (Å²) in [5, 5.41) is 0. The monoisotopic (exact) mass is 264 g/mol. The van der Waals surface area contributed by atoms with Crippen molar-refractivity contribution < 1.29 is 4.74 Å². The fraction of sp³-hybridized carbons (Fsp3) is 0.778. The molecular weight excluding hydrogens is 232 g/mol. The van der Waals surface area contributed by atoms with Crippen molar-refractivity contribution in [2.24, 2.45) is 0 Å². The van der Waals surface area contributed by atoms with Gasteiger partial charge in [-0.15, -0.1) is 0 Å². The minimum Gasteiger partial charge on any atom is -0.369 e. The van der Waals surface area contributed by atoms with Crippen LogP contribution in [0.25, 0.3) is 0 Å². The van der Waals surface area contributed by atoms with E-state index >= 15 is 0 Å². The molecule has 1 aliphatic heterocycles. The Morgan fingerprint density at radius 3 is 2.05 bits per heavy atom. The van der Waals surface area contributed by atoms with Gasteiger partial charge in [-0.3, -0.25) is 0 Å². The molecule has 1 fully saturated rings. The second kappa shape index (κ2) is 11.3. The van der Waals surface area contributed by atoms with Crippen molar-refractivity contribution in [2.75, 3.05) is 0 Å². The number of unbranched alkanes of at least 4 members (excludes halogenated alkanes) is 6. The first kappa shape index (κ1) is 16.5. The van der Waals surface area contributed by atoms with E-state index in [1.165, 1.54) is 44.9 Å². The third-order valence-corrected chi connectivity index (χ3v) is 3.72. The highest BCUT2D eigenvalue weighted by Gasteiger charge is 2.35. The molecule has 0 spiro atoms. The van der Waals surface area contributed by atoms with Crippen LogP contribution < -0.4 is 0 Å². The Hall–Kier alpha value is -0.560. The van der Waals surface area contributed by atoms with Gasteiger partial charge in [-0.25, -0.2) is 0 Å². The van der Waals surface area contributed by atoms with Crippen molar-refractivity contribution in [3.05, 3.63) is 24.3 Å². The molecule has 0 aromatic heterocycles. The van der Waals surface area contributed by atoms with E-state index in [0.717, 1.165) is 19.3 Å². The first-order valence-corrected chi connectivity index (χ1v) is 8.34. The third-order valence-electron chi connectivity index (χ3n) is 3.72. The summed E-state index contributed by atoms with van der Waals surface area (Å²) < 4.78 is 5.63. The van der Waals surface area contributed by atoms with Gasteiger partial charge in [-0.1, -0.05) is 70.3 Å². The van der Waals surface area contributed by atoms with Crippen LogP contribution in [-0.4, -0.2) is 12.2 Å². The second-order valence-electron chi connectivity index (χ2n) is 5.59. The first-order chi connectivity index (χ1) is 9.38. The van der Waals surface area contributed by atoms with Crippen LogP contribution in [0, 0.1) is 0 Å². The maximum absolute atomic E-state index is 5.63. The Bertz CT molecular complexity index is 254. The number of ether oxygens (including phenoxy) is 1. The molecule has 1 nitrogen and oxygen atoms in total. The minimum absolute atomic E-state index is 0.501. The highest BCUT2D eigenvalue weighted by Crippen LogP contribution is 2.29. The molecule has 1 heteroatoms. The van der Waals surface area contributed by atoms with Crippen LogP contribution in [0.1, 0.15) is 78.1 Å². The van der Waals surface area contributed by atoms with Gasteiger partial charge in [-0.05, 0) is 32.1 Å². The normalized spacial score (nSPS) is 22.6. The lowest BCUT2D eigenvalue weighted by atomic mass is 10.1. The van der Waals surface area contributed by atoms with E-state index in [1.54, 1.807) is 0 Å². The van der Waals surface area contributed by atoms with Crippen molar-refractivity contribution in [1.29, 1.82) is 0 Å². The Balaban J connectivity index is 1.85. The number of epoxide rings is 1. The Morgan fingerprint density at radius 2 is 1.37 bits per heavy atom. The predicted octanol–water partition coefficient (Wildman–Crippen LogP) is 5.81. The predicted molar refractivity (Wildman–Crippen MR) is 84.5 cm³/mol. The fourth-order valence-corrected chi connectivity index (χ4v) is 2.38. The summed E-state index contributed by atoms with van der Waals surface area (Å²) in [5.74, 6) is 0. The molecule has 0 aromatic rings. The van der Waals surface area contributed by atoms with Gasteiger partial charge in [0.2, 0.25) is 0 Å². The van der Waals surface area contributed by atoms with Crippen molar-refractivity contribution in [2.45, 2.75) is 90.3 Å². The Kier molecular flexibility index (Phi) is 9.79. The van der Waals surface area contributed by atoms with Crippen molar-refractivity contribution >= 4 is 0 Å². The standard InChI is InChI=1S/C18H32O/c1-3-5-7-8-9-10-11-12-14-16-18-17(19-18)15-13-6-4-2/h6,12-14,17-18H,3-5,7-11,15-16H2,1-2H3/b13-6+,14-12-/t17-,18+/m1/s1. The van der Waals surface area contributed by atoms with E-state index in [9.17, 15) is 0 Å². The summed E-state index contributed by atoms with van der Waals surface area (Å²) in [5.41, 5.74) is 0. The fourth-order valence-electron chi connectivity index (χ4n) is 2.38. The van der Waals surface area contributed by atoms with Gasteiger partial charge in [0, 0.05) is 0 Å². The molecule has 1 heterocycles. The van der Waals surface area contributed by atoms with Crippen LogP contribution >= 0.6 is 0 Å². The zero-order valence-corrected chi connectivity index (χ0v) is 12.9. The molecule has 19 heavy (non-hydrogen) atoms. The van der Waals surface area contributed by atoms with Crippen LogP contribution in [0.15, 0.2) is 24.3 Å². The van der Waals surface area contributed by atoms with Gasteiger partial charge >= 0.3 is 0 Å². The molecular formula is C18H32O. The summed E-state index contributed by atoms with van der Waals surface area (Å²) in [6, 6.07) is 0. The lowest BCUT2D eigenvalue weighted by Gasteiger charge is -1.97. The van der Waals surface area contributed by atoms with Crippen LogP contribution in [0.4, 0.5) is 0 Å². The van der Waals surface area contributed by atoms with Gasteiger partial charge in [0.25, 0.3) is 0 Å². The zero-order valence-electron chi connectivity index (χ0n) is 12.9. The summed E-state index contributed by atoms with van der Waals surface area (Å²) >= 11 is 0. The van der Waals surface area contributed by atoms with Crippen LogP contribution in [-0.2, 0) is 4.74 Å². The van der Waals surface area contributed by atoms with Crippen LogP contribution in [0.5, 0.6) is 0 Å². The topological polar surface area (TPSA) is 12.5 Å². The summed E-state index contributed by atoms with van der Waals surface area (Å²) in [4.78, 5) is 0. The SMILES string of the molecule is CC/C=C/C[C@H]1O[C@H]1C/C=C\CCCCCCCC. The molecule has 0 saturated carbocycles. The average Bonchev–Trinajstić information content (AvgIpc) is 3.16. The van der Waals surface area contributed by atoms with Crippen LogP contribution in [0.3, 0.4) is 0 Å². The van der Waals surface area contributed by atoms with Crippen molar-refractivity contribution in [3.8, 4) is 0 Å². The molecule has 2 atom stereocenters. The molecule has 1 aliphatic rings. The van der Waals surface area contributed by atoms with Gasteiger partial charge in [0.05, 0.1) is 12.2 Å².